The van der Waals surface area contributed by atoms with Gasteiger partial charge in [-0.2, -0.15) is 0 Å². The fourth-order valence-electron chi connectivity index (χ4n) is 1.72. The van der Waals surface area contributed by atoms with E-state index >= 15 is 0 Å². The molecule has 1 heterocycles. The largest absolute Gasteiger partial charge is 0.422 e. The smallest absolute Gasteiger partial charge is 0.353 e. The summed E-state index contributed by atoms with van der Waals surface area (Å²) in [7, 11) is 0. The van der Waals surface area contributed by atoms with Crippen molar-refractivity contribution >= 4 is 22.3 Å². The standard InChI is InChI=1S/C15H15NO4S/c1-15(2,3)10-4-6-11(7-5-10)20-14(17)12-8-9-13(21-12)16(18)19/h4-9H,1-3H3. The molecular formula is C15H15NO4S. The molecule has 5 nitrogen and oxygen atoms in total. The predicted molar refractivity (Wildman–Crippen MR) is 81.1 cm³/mol. The minimum absolute atomic E-state index is 0.0247. The highest BCUT2D eigenvalue weighted by Crippen LogP contribution is 2.27. The van der Waals surface area contributed by atoms with Gasteiger partial charge in [0.2, 0.25) is 0 Å². The Balaban J connectivity index is 2.10. The van der Waals surface area contributed by atoms with Crippen molar-refractivity contribution in [1.82, 2.24) is 0 Å². The number of carbonyl (C=O) groups is 1. The Bertz CT molecular complexity index is 668. The van der Waals surface area contributed by atoms with Crippen molar-refractivity contribution in [3.8, 4) is 5.75 Å². The second-order valence-corrected chi connectivity index (χ2v) is 6.62. The first-order chi connectivity index (χ1) is 9.77. The van der Waals surface area contributed by atoms with E-state index in [9.17, 15) is 14.9 Å². The number of rotatable bonds is 3. The zero-order valence-electron chi connectivity index (χ0n) is 12.0. The Labute approximate surface area is 126 Å². The molecule has 2 aromatic rings. The molecule has 6 heteroatoms. The average molecular weight is 305 g/mol. The summed E-state index contributed by atoms with van der Waals surface area (Å²) in [5.74, 6) is -0.166. The van der Waals surface area contributed by atoms with Crippen LogP contribution in [-0.2, 0) is 5.41 Å². The number of ether oxygens (including phenoxy) is 1. The molecule has 0 radical (unpaired) electrons. The number of hydrogen-bond acceptors (Lipinski definition) is 5. The Hall–Kier alpha value is -2.21. The van der Waals surface area contributed by atoms with Crippen molar-refractivity contribution in [2.45, 2.75) is 26.2 Å². The number of esters is 1. The molecule has 110 valence electrons. The summed E-state index contributed by atoms with van der Waals surface area (Å²) in [6.45, 7) is 6.29. The van der Waals surface area contributed by atoms with Crippen LogP contribution in [0.5, 0.6) is 5.75 Å². The summed E-state index contributed by atoms with van der Waals surface area (Å²) in [6.07, 6.45) is 0. The molecule has 0 aliphatic rings. The SMILES string of the molecule is CC(C)(C)c1ccc(OC(=O)c2ccc([N+](=O)[O-])s2)cc1. The van der Waals surface area contributed by atoms with Gasteiger partial charge in [-0.1, -0.05) is 44.2 Å². The van der Waals surface area contributed by atoms with Gasteiger partial charge in [-0.05, 0) is 29.2 Å². The Kier molecular flexibility index (Phi) is 4.09. The Morgan fingerprint density at radius 3 is 2.24 bits per heavy atom. The molecular weight excluding hydrogens is 290 g/mol. The molecule has 21 heavy (non-hydrogen) atoms. The zero-order valence-corrected chi connectivity index (χ0v) is 12.8. The van der Waals surface area contributed by atoms with Gasteiger partial charge in [-0.3, -0.25) is 10.1 Å². The van der Waals surface area contributed by atoms with Crippen molar-refractivity contribution in [3.63, 3.8) is 0 Å². The van der Waals surface area contributed by atoms with Gasteiger partial charge in [0.15, 0.2) is 0 Å². The molecule has 0 bridgehead atoms. The van der Waals surface area contributed by atoms with Crippen molar-refractivity contribution in [2.75, 3.05) is 0 Å². The van der Waals surface area contributed by atoms with Crippen LogP contribution in [0.3, 0.4) is 0 Å². The normalized spacial score (nSPS) is 11.2. The summed E-state index contributed by atoms with van der Waals surface area (Å²) in [4.78, 5) is 22.2. The maximum Gasteiger partial charge on any atom is 0.353 e. The lowest BCUT2D eigenvalue weighted by Crippen LogP contribution is -2.11. The molecule has 0 unspecified atom stereocenters. The van der Waals surface area contributed by atoms with E-state index in [2.05, 4.69) is 20.8 Å². The fourth-order valence-corrected chi connectivity index (χ4v) is 2.41. The molecule has 1 aromatic carbocycles. The van der Waals surface area contributed by atoms with Crippen molar-refractivity contribution in [3.05, 3.63) is 57.0 Å². The van der Waals surface area contributed by atoms with Gasteiger partial charge >= 0.3 is 11.0 Å². The molecule has 1 aromatic heterocycles. The molecule has 0 fully saturated rings. The lowest BCUT2D eigenvalue weighted by Gasteiger charge is -2.18. The van der Waals surface area contributed by atoms with Crippen LogP contribution in [0.1, 0.15) is 36.0 Å². The third-order valence-corrected chi connectivity index (χ3v) is 3.92. The minimum atomic E-state index is -0.586. The van der Waals surface area contributed by atoms with Crippen molar-refractivity contribution in [1.29, 1.82) is 0 Å². The highest BCUT2D eigenvalue weighted by Gasteiger charge is 2.18. The van der Waals surface area contributed by atoms with E-state index in [0.29, 0.717) is 5.75 Å². The number of benzene rings is 1. The topological polar surface area (TPSA) is 69.4 Å². The van der Waals surface area contributed by atoms with Crippen LogP contribution in [0.25, 0.3) is 0 Å². The van der Waals surface area contributed by atoms with Crippen LogP contribution in [0, 0.1) is 10.1 Å². The summed E-state index contributed by atoms with van der Waals surface area (Å²) in [5, 5.41) is 10.5. The van der Waals surface area contributed by atoms with E-state index in [0.717, 1.165) is 16.9 Å². The highest BCUT2D eigenvalue weighted by molar-refractivity contribution is 7.17. The van der Waals surface area contributed by atoms with E-state index in [-0.39, 0.29) is 15.3 Å². The first-order valence-corrected chi connectivity index (χ1v) is 7.16. The van der Waals surface area contributed by atoms with E-state index in [1.165, 1.54) is 12.1 Å². The minimum Gasteiger partial charge on any atom is -0.422 e. The molecule has 2 rings (SSSR count). The van der Waals surface area contributed by atoms with Crippen LogP contribution in [0.4, 0.5) is 5.00 Å². The van der Waals surface area contributed by atoms with Crippen LogP contribution in [0.15, 0.2) is 36.4 Å². The van der Waals surface area contributed by atoms with Gasteiger partial charge < -0.3 is 4.74 Å². The van der Waals surface area contributed by atoms with Crippen molar-refractivity contribution in [2.24, 2.45) is 0 Å². The Morgan fingerprint density at radius 2 is 1.76 bits per heavy atom. The summed E-state index contributed by atoms with van der Waals surface area (Å²) >= 11 is 0.802. The lowest BCUT2D eigenvalue weighted by molar-refractivity contribution is -0.380. The van der Waals surface area contributed by atoms with Gasteiger partial charge in [0, 0.05) is 6.07 Å². The average Bonchev–Trinajstić information content (AvgIpc) is 2.88. The summed E-state index contributed by atoms with van der Waals surface area (Å²) in [6, 6.07) is 9.94. The predicted octanol–water partition coefficient (Wildman–Crippen LogP) is 4.17. The van der Waals surface area contributed by atoms with Gasteiger partial charge in [-0.15, -0.1) is 0 Å². The molecule has 0 aliphatic heterocycles. The summed E-state index contributed by atoms with van der Waals surface area (Å²) in [5.41, 5.74) is 1.16. The number of carbonyl (C=O) groups excluding carboxylic acids is 1. The molecule has 0 atom stereocenters. The second kappa shape index (κ2) is 5.65. The van der Waals surface area contributed by atoms with E-state index in [1.807, 2.05) is 12.1 Å². The first-order valence-electron chi connectivity index (χ1n) is 6.34. The molecule has 0 spiro atoms. The van der Waals surface area contributed by atoms with E-state index in [4.69, 9.17) is 4.74 Å². The van der Waals surface area contributed by atoms with Crippen LogP contribution >= 0.6 is 11.3 Å². The Morgan fingerprint density at radius 1 is 1.14 bits per heavy atom. The fraction of sp³-hybridized carbons (Fsp3) is 0.267. The highest BCUT2D eigenvalue weighted by atomic mass is 32.1. The number of nitro groups is 1. The van der Waals surface area contributed by atoms with E-state index in [1.54, 1.807) is 12.1 Å². The lowest BCUT2D eigenvalue weighted by atomic mass is 9.87. The molecule has 0 aliphatic carbocycles. The van der Waals surface area contributed by atoms with Gasteiger partial charge in [0.1, 0.15) is 10.6 Å². The maximum atomic E-state index is 11.9. The number of hydrogen-bond donors (Lipinski definition) is 0. The molecule has 0 saturated heterocycles. The van der Waals surface area contributed by atoms with Gasteiger partial charge in [0.25, 0.3) is 0 Å². The third-order valence-electron chi connectivity index (χ3n) is 2.90. The third kappa shape index (κ3) is 3.66. The quantitative estimate of drug-likeness (QED) is 0.369. The zero-order chi connectivity index (χ0) is 15.6. The monoisotopic (exact) mass is 305 g/mol. The maximum absolute atomic E-state index is 11.9. The second-order valence-electron chi connectivity index (χ2n) is 5.56. The first kappa shape index (κ1) is 15.2. The molecule has 0 saturated carbocycles. The number of thiophene rings is 1. The molecule has 0 amide bonds. The summed E-state index contributed by atoms with van der Waals surface area (Å²) < 4.78 is 5.21. The van der Waals surface area contributed by atoms with Gasteiger partial charge in [-0.25, -0.2) is 4.79 Å². The van der Waals surface area contributed by atoms with Crippen LogP contribution < -0.4 is 4.74 Å². The van der Waals surface area contributed by atoms with Crippen LogP contribution in [-0.4, -0.2) is 10.9 Å². The number of nitrogens with zero attached hydrogens (tertiary/aromatic N) is 1. The van der Waals surface area contributed by atoms with Crippen LogP contribution in [0.2, 0.25) is 0 Å². The van der Waals surface area contributed by atoms with Gasteiger partial charge in [0.05, 0.1) is 4.92 Å². The van der Waals surface area contributed by atoms with Crippen molar-refractivity contribution < 1.29 is 14.5 Å². The van der Waals surface area contributed by atoms with E-state index < -0.39 is 10.9 Å². The molecule has 0 N–H and O–H groups in total.